The van der Waals surface area contributed by atoms with Crippen LogP contribution in [0.4, 0.5) is 5.82 Å². The molecule has 7 heteroatoms. The topological polar surface area (TPSA) is 86.8 Å². The summed E-state index contributed by atoms with van der Waals surface area (Å²) in [6.45, 7) is 3.80. The maximum absolute atomic E-state index is 12.8. The van der Waals surface area contributed by atoms with E-state index in [9.17, 15) is 9.59 Å². The summed E-state index contributed by atoms with van der Waals surface area (Å²) in [5.41, 5.74) is 0.638. The van der Waals surface area contributed by atoms with Crippen LogP contribution in [0.1, 0.15) is 34.6 Å². The molecule has 1 heterocycles. The Bertz CT molecular complexity index is 1020. The Balaban J connectivity index is 1.82. The molecule has 7 nitrogen and oxygen atoms in total. The second kappa shape index (κ2) is 9.56. The molecule has 3 rings (SSSR count). The quantitative estimate of drug-likeness (QED) is 0.572. The molecule has 2 aromatic carbocycles. The van der Waals surface area contributed by atoms with Crippen molar-refractivity contribution >= 4 is 17.7 Å². The lowest BCUT2D eigenvalue weighted by molar-refractivity contribution is 0.0600. The zero-order valence-electron chi connectivity index (χ0n) is 16.9. The number of nitrogens with one attached hydrogen (secondary N) is 1. The molecule has 0 spiro atoms. The lowest BCUT2D eigenvalue weighted by atomic mass is 10.1. The Morgan fingerprint density at radius 1 is 0.900 bits per heavy atom. The third-order valence-electron chi connectivity index (χ3n) is 3.92. The minimum atomic E-state index is -0.499. The van der Waals surface area contributed by atoms with Crippen molar-refractivity contribution in [3.05, 3.63) is 78.0 Å². The molecule has 30 heavy (non-hydrogen) atoms. The zero-order valence-corrected chi connectivity index (χ0v) is 16.9. The highest BCUT2D eigenvalue weighted by atomic mass is 16.5. The maximum Gasteiger partial charge on any atom is 0.339 e. The summed E-state index contributed by atoms with van der Waals surface area (Å²) < 4.78 is 16.3. The molecule has 3 aromatic rings. The molecule has 0 aliphatic rings. The highest BCUT2D eigenvalue weighted by molar-refractivity contribution is 6.04. The number of benzene rings is 2. The molecule has 0 radical (unpaired) electrons. The van der Waals surface area contributed by atoms with E-state index in [1.165, 1.54) is 25.4 Å². The van der Waals surface area contributed by atoms with Crippen LogP contribution in [0, 0.1) is 0 Å². The van der Waals surface area contributed by atoms with Crippen molar-refractivity contribution in [3.8, 4) is 17.2 Å². The van der Waals surface area contributed by atoms with Crippen molar-refractivity contribution in [2.24, 2.45) is 0 Å². The molecule has 0 aliphatic heterocycles. The number of hydrogen-bond acceptors (Lipinski definition) is 6. The second-order valence-electron chi connectivity index (χ2n) is 6.65. The molecule has 0 atom stereocenters. The van der Waals surface area contributed by atoms with E-state index in [1.807, 2.05) is 44.2 Å². The van der Waals surface area contributed by atoms with Gasteiger partial charge in [0.15, 0.2) is 0 Å². The van der Waals surface area contributed by atoms with Crippen LogP contribution < -0.4 is 14.8 Å². The summed E-state index contributed by atoms with van der Waals surface area (Å²) in [7, 11) is 1.29. The fourth-order valence-electron chi connectivity index (χ4n) is 2.62. The molecule has 1 N–H and O–H groups in total. The minimum Gasteiger partial charge on any atom is -0.491 e. The van der Waals surface area contributed by atoms with Gasteiger partial charge in [-0.1, -0.05) is 18.2 Å². The molecular formula is C23H22N2O5. The van der Waals surface area contributed by atoms with Gasteiger partial charge in [-0.25, -0.2) is 9.78 Å². The van der Waals surface area contributed by atoms with Gasteiger partial charge in [-0.15, -0.1) is 0 Å². The van der Waals surface area contributed by atoms with E-state index in [-0.39, 0.29) is 12.0 Å². The number of esters is 1. The normalized spacial score (nSPS) is 10.4. The number of methoxy groups -OCH3 is 1. The Kier molecular flexibility index (Phi) is 6.64. The number of para-hydroxylation sites is 1. The predicted molar refractivity (Wildman–Crippen MR) is 112 cm³/mol. The maximum atomic E-state index is 12.8. The molecule has 0 unspecified atom stereocenters. The third-order valence-corrected chi connectivity index (χ3v) is 3.92. The van der Waals surface area contributed by atoms with Crippen LogP contribution in [0.2, 0.25) is 0 Å². The van der Waals surface area contributed by atoms with Gasteiger partial charge >= 0.3 is 5.97 Å². The smallest absolute Gasteiger partial charge is 0.339 e. The molecule has 1 aromatic heterocycles. The fourth-order valence-corrected chi connectivity index (χ4v) is 2.62. The van der Waals surface area contributed by atoms with Crippen LogP contribution in [0.5, 0.6) is 17.2 Å². The molecule has 0 fully saturated rings. The van der Waals surface area contributed by atoms with Crippen LogP contribution in [0.25, 0.3) is 0 Å². The van der Waals surface area contributed by atoms with Crippen molar-refractivity contribution in [2.75, 3.05) is 12.4 Å². The zero-order chi connectivity index (χ0) is 21.5. The summed E-state index contributed by atoms with van der Waals surface area (Å²) in [6, 6.07) is 17.3. The highest BCUT2D eigenvalue weighted by Crippen LogP contribution is 2.28. The molecule has 1 amide bonds. The van der Waals surface area contributed by atoms with Crippen molar-refractivity contribution < 1.29 is 23.8 Å². The highest BCUT2D eigenvalue weighted by Gasteiger charge is 2.13. The van der Waals surface area contributed by atoms with Gasteiger partial charge in [-0.05, 0) is 50.2 Å². The number of aromatic nitrogens is 1. The van der Waals surface area contributed by atoms with Gasteiger partial charge < -0.3 is 19.5 Å². The number of hydrogen-bond donors (Lipinski definition) is 1. The van der Waals surface area contributed by atoms with Crippen molar-refractivity contribution in [1.29, 1.82) is 0 Å². The van der Waals surface area contributed by atoms with Gasteiger partial charge in [0.1, 0.15) is 23.1 Å². The molecular weight excluding hydrogens is 384 g/mol. The third kappa shape index (κ3) is 5.57. The first-order valence-electron chi connectivity index (χ1n) is 9.35. The van der Waals surface area contributed by atoms with Crippen molar-refractivity contribution in [2.45, 2.75) is 20.0 Å². The van der Waals surface area contributed by atoms with E-state index in [0.717, 1.165) is 0 Å². The molecule has 154 valence electrons. The first-order valence-corrected chi connectivity index (χ1v) is 9.35. The molecule has 0 saturated carbocycles. The van der Waals surface area contributed by atoms with Gasteiger partial charge in [0.25, 0.3) is 5.91 Å². The second-order valence-corrected chi connectivity index (χ2v) is 6.65. The lowest BCUT2D eigenvalue weighted by Gasteiger charge is -2.14. The van der Waals surface area contributed by atoms with Crippen LogP contribution in [-0.2, 0) is 4.74 Å². The van der Waals surface area contributed by atoms with Gasteiger partial charge in [-0.2, -0.15) is 0 Å². The lowest BCUT2D eigenvalue weighted by Crippen LogP contribution is -2.14. The number of pyridine rings is 1. The average molecular weight is 406 g/mol. The Morgan fingerprint density at radius 2 is 1.63 bits per heavy atom. The Hall–Kier alpha value is -3.87. The van der Waals surface area contributed by atoms with Crippen LogP contribution in [0.3, 0.4) is 0 Å². The standard InChI is InChI=1S/C23H22N2O5/c1-15(2)29-19-11-17(12-20(13-19)30-18-7-5-4-6-8-18)22(26)25-21-10-9-16(14-24-21)23(27)28-3/h4-15H,1-3H3,(H,24,25,26). The van der Waals surface area contributed by atoms with E-state index >= 15 is 0 Å². The first kappa shape index (κ1) is 20.9. The number of nitrogens with zero attached hydrogens (tertiary/aromatic N) is 1. The van der Waals surface area contributed by atoms with E-state index in [2.05, 4.69) is 15.0 Å². The van der Waals surface area contributed by atoms with Gasteiger partial charge in [-0.3, -0.25) is 4.79 Å². The Morgan fingerprint density at radius 3 is 2.27 bits per heavy atom. The number of amides is 1. The van der Waals surface area contributed by atoms with Gasteiger partial charge in [0.2, 0.25) is 0 Å². The summed E-state index contributed by atoms with van der Waals surface area (Å²) in [6.07, 6.45) is 1.27. The van der Waals surface area contributed by atoms with Crippen LogP contribution in [-0.4, -0.2) is 30.1 Å². The summed E-state index contributed by atoms with van der Waals surface area (Å²) in [5.74, 6) is 1.04. The summed E-state index contributed by atoms with van der Waals surface area (Å²) in [4.78, 5) is 28.4. The SMILES string of the molecule is COC(=O)c1ccc(NC(=O)c2cc(Oc3ccccc3)cc(OC(C)C)c2)nc1. The van der Waals surface area contributed by atoms with E-state index in [0.29, 0.717) is 34.2 Å². The number of carbonyl (C=O) groups is 2. The van der Waals surface area contributed by atoms with Crippen molar-refractivity contribution in [3.63, 3.8) is 0 Å². The largest absolute Gasteiger partial charge is 0.491 e. The van der Waals surface area contributed by atoms with E-state index in [1.54, 1.807) is 18.2 Å². The monoisotopic (exact) mass is 406 g/mol. The van der Waals surface area contributed by atoms with Crippen LogP contribution >= 0.6 is 0 Å². The molecule has 0 aliphatic carbocycles. The fraction of sp³-hybridized carbons (Fsp3) is 0.174. The molecule has 0 bridgehead atoms. The van der Waals surface area contributed by atoms with E-state index in [4.69, 9.17) is 9.47 Å². The van der Waals surface area contributed by atoms with Gasteiger partial charge in [0, 0.05) is 17.8 Å². The van der Waals surface area contributed by atoms with Gasteiger partial charge in [0.05, 0.1) is 18.8 Å². The van der Waals surface area contributed by atoms with Crippen molar-refractivity contribution in [1.82, 2.24) is 4.98 Å². The Labute approximate surface area is 174 Å². The van der Waals surface area contributed by atoms with Crippen LogP contribution in [0.15, 0.2) is 66.9 Å². The molecule has 0 saturated heterocycles. The number of rotatable bonds is 7. The first-order chi connectivity index (χ1) is 14.4. The minimum absolute atomic E-state index is 0.0691. The number of carbonyl (C=O) groups excluding carboxylic acids is 2. The summed E-state index contributed by atoms with van der Waals surface area (Å²) >= 11 is 0. The van der Waals surface area contributed by atoms with E-state index < -0.39 is 5.97 Å². The number of ether oxygens (including phenoxy) is 3. The summed E-state index contributed by atoms with van der Waals surface area (Å²) in [5, 5.41) is 2.70. The number of anilines is 1. The average Bonchev–Trinajstić information content (AvgIpc) is 2.73. The predicted octanol–water partition coefficient (Wildman–Crippen LogP) is 4.70.